The number of hydrogen-bond donors (Lipinski definition) is 1. The van der Waals surface area contributed by atoms with Crippen LogP contribution in [0.3, 0.4) is 0 Å². The third kappa shape index (κ3) is 2.67. The van der Waals surface area contributed by atoms with Crippen molar-refractivity contribution in [1.82, 2.24) is 5.32 Å². The number of halogens is 3. The minimum absolute atomic E-state index is 0.0206. The second-order valence-electron chi connectivity index (χ2n) is 7.72. The van der Waals surface area contributed by atoms with E-state index in [9.17, 15) is 22.8 Å². The number of ketones is 1. The van der Waals surface area contributed by atoms with Gasteiger partial charge in [-0.15, -0.1) is 0 Å². The van der Waals surface area contributed by atoms with Gasteiger partial charge in [0, 0.05) is 22.6 Å². The van der Waals surface area contributed by atoms with Crippen LogP contribution in [0.5, 0.6) is 0 Å². The highest BCUT2D eigenvalue weighted by Crippen LogP contribution is 2.50. The van der Waals surface area contributed by atoms with Crippen molar-refractivity contribution < 1.29 is 27.5 Å². The standard InChI is InChI=1S/C20H18F3NO3/c1-19(2)8-7-12-15(17(19)25)14(16-13(24-12)9-27-18(16)26)10-5-3-4-6-11(10)20(21,22)23/h3-6,14,24H,7-9H2,1-2H3. The van der Waals surface area contributed by atoms with Crippen LogP contribution in [0.2, 0.25) is 0 Å². The van der Waals surface area contributed by atoms with E-state index in [2.05, 4.69) is 5.32 Å². The Morgan fingerprint density at radius 2 is 1.81 bits per heavy atom. The smallest absolute Gasteiger partial charge is 0.416 e. The number of ether oxygens (including phenoxy) is 1. The Bertz CT molecular complexity index is 925. The molecule has 1 N–H and O–H groups in total. The molecule has 0 saturated carbocycles. The number of allylic oxidation sites excluding steroid dienone is 2. The van der Waals surface area contributed by atoms with Gasteiger partial charge in [-0.3, -0.25) is 4.79 Å². The molecule has 0 saturated heterocycles. The normalized spacial score (nSPS) is 24.4. The highest BCUT2D eigenvalue weighted by Gasteiger charge is 2.49. The number of alkyl halides is 3. The van der Waals surface area contributed by atoms with Gasteiger partial charge >= 0.3 is 12.1 Å². The summed E-state index contributed by atoms with van der Waals surface area (Å²) in [4.78, 5) is 25.5. The maximum atomic E-state index is 13.7. The number of carbonyl (C=O) groups excluding carboxylic acids is 2. The number of dihydropyridines is 1. The number of Topliss-reactive ketones (excluding diaryl/α,β-unsaturated/α-hetero) is 1. The predicted molar refractivity (Wildman–Crippen MR) is 90.4 cm³/mol. The molecule has 0 fully saturated rings. The van der Waals surface area contributed by atoms with Crippen LogP contribution in [-0.4, -0.2) is 18.4 Å². The topological polar surface area (TPSA) is 55.4 Å². The van der Waals surface area contributed by atoms with Crippen molar-refractivity contribution in [1.29, 1.82) is 0 Å². The molecule has 3 aliphatic rings. The SMILES string of the molecule is CC1(C)CCC2=C(C1=O)C(c1ccccc1C(F)(F)F)C1=C(COC1=O)N2. The lowest BCUT2D eigenvalue weighted by Gasteiger charge is -2.38. The largest absolute Gasteiger partial charge is 0.456 e. The third-order valence-corrected chi connectivity index (χ3v) is 5.53. The molecule has 2 heterocycles. The Morgan fingerprint density at radius 1 is 1.11 bits per heavy atom. The van der Waals surface area contributed by atoms with Crippen LogP contribution in [0.4, 0.5) is 13.2 Å². The van der Waals surface area contributed by atoms with Crippen molar-refractivity contribution in [2.75, 3.05) is 6.61 Å². The molecule has 142 valence electrons. The van der Waals surface area contributed by atoms with Crippen LogP contribution in [0.15, 0.2) is 46.8 Å². The molecule has 1 aromatic rings. The first-order valence-electron chi connectivity index (χ1n) is 8.72. The molecule has 0 aromatic heterocycles. The van der Waals surface area contributed by atoms with Crippen molar-refractivity contribution in [3.8, 4) is 0 Å². The van der Waals surface area contributed by atoms with E-state index in [0.717, 1.165) is 6.07 Å². The molecule has 0 bridgehead atoms. The molecule has 0 amide bonds. The van der Waals surface area contributed by atoms with E-state index in [1.54, 1.807) is 13.8 Å². The molecule has 0 spiro atoms. The zero-order chi connectivity index (χ0) is 19.6. The van der Waals surface area contributed by atoms with Gasteiger partial charge in [-0.1, -0.05) is 32.0 Å². The van der Waals surface area contributed by atoms with E-state index in [1.807, 2.05) is 0 Å². The van der Waals surface area contributed by atoms with Gasteiger partial charge in [-0.2, -0.15) is 13.2 Å². The second kappa shape index (κ2) is 5.71. The summed E-state index contributed by atoms with van der Waals surface area (Å²) in [6.07, 6.45) is -3.48. The number of esters is 1. The maximum Gasteiger partial charge on any atom is 0.416 e. The van der Waals surface area contributed by atoms with Crippen LogP contribution in [0.25, 0.3) is 0 Å². The van der Waals surface area contributed by atoms with Gasteiger partial charge < -0.3 is 10.1 Å². The van der Waals surface area contributed by atoms with Crippen molar-refractivity contribution in [2.45, 2.75) is 38.8 Å². The first kappa shape index (κ1) is 17.8. The highest BCUT2D eigenvalue weighted by molar-refractivity contribution is 6.07. The highest BCUT2D eigenvalue weighted by atomic mass is 19.4. The molecule has 27 heavy (non-hydrogen) atoms. The predicted octanol–water partition coefficient (Wildman–Crippen LogP) is 3.85. The summed E-state index contributed by atoms with van der Waals surface area (Å²) < 4.78 is 46.1. The maximum absolute atomic E-state index is 13.7. The van der Waals surface area contributed by atoms with Crippen molar-refractivity contribution in [2.24, 2.45) is 5.41 Å². The fourth-order valence-corrected chi connectivity index (χ4v) is 4.08. The van der Waals surface area contributed by atoms with E-state index in [1.165, 1.54) is 18.2 Å². The van der Waals surface area contributed by atoms with Crippen LogP contribution in [0.1, 0.15) is 43.7 Å². The fourth-order valence-electron chi connectivity index (χ4n) is 4.08. The summed E-state index contributed by atoms with van der Waals surface area (Å²) in [7, 11) is 0. The summed E-state index contributed by atoms with van der Waals surface area (Å²) >= 11 is 0. The number of cyclic esters (lactones) is 1. The summed E-state index contributed by atoms with van der Waals surface area (Å²) in [5.41, 5.74) is -0.224. The molecule has 1 aliphatic carbocycles. The second-order valence-corrected chi connectivity index (χ2v) is 7.72. The van der Waals surface area contributed by atoms with Gasteiger partial charge in [0.1, 0.15) is 6.61 Å². The Hall–Kier alpha value is -2.57. The number of rotatable bonds is 1. The average Bonchev–Trinajstić information content (AvgIpc) is 2.97. The lowest BCUT2D eigenvalue weighted by atomic mass is 9.67. The van der Waals surface area contributed by atoms with Gasteiger partial charge in [0.05, 0.1) is 16.8 Å². The van der Waals surface area contributed by atoms with Crippen molar-refractivity contribution in [3.05, 3.63) is 57.9 Å². The number of benzene rings is 1. The lowest BCUT2D eigenvalue weighted by molar-refractivity contribution is -0.139. The van der Waals surface area contributed by atoms with Crippen LogP contribution >= 0.6 is 0 Å². The van der Waals surface area contributed by atoms with Crippen molar-refractivity contribution >= 4 is 11.8 Å². The number of hydrogen-bond acceptors (Lipinski definition) is 4. The molecule has 1 aromatic carbocycles. The summed E-state index contributed by atoms with van der Waals surface area (Å²) in [5.74, 6) is -1.98. The molecule has 7 heteroatoms. The quantitative estimate of drug-likeness (QED) is 0.756. The molecule has 4 rings (SSSR count). The third-order valence-electron chi connectivity index (χ3n) is 5.53. The summed E-state index contributed by atoms with van der Waals surface area (Å²) in [5, 5.41) is 3.09. The summed E-state index contributed by atoms with van der Waals surface area (Å²) in [6.45, 7) is 3.54. The first-order valence-corrected chi connectivity index (χ1v) is 8.72. The molecule has 0 radical (unpaired) electrons. The van der Waals surface area contributed by atoms with Gasteiger partial charge in [0.2, 0.25) is 0 Å². The average molecular weight is 377 g/mol. The molecule has 2 aliphatic heterocycles. The van der Waals surface area contributed by atoms with Crippen LogP contribution < -0.4 is 5.32 Å². The summed E-state index contributed by atoms with van der Waals surface area (Å²) in [6, 6.07) is 5.12. The van der Waals surface area contributed by atoms with Crippen LogP contribution in [0, 0.1) is 5.41 Å². The van der Waals surface area contributed by atoms with E-state index in [4.69, 9.17) is 4.74 Å². The van der Waals surface area contributed by atoms with E-state index in [-0.39, 0.29) is 29.1 Å². The number of nitrogens with one attached hydrogen (secondary N) is 1. The molecule has 4 nitrogen and oxygen atoms in total. The molecule has 1 unspecified atom stereocenters. The Labute approximate surface area is 154 Å². The Balaban J connectivity index is 1.97. The van der Waals surface area contributed by atoms with Gasteiger partial charge in [-0.25, -0.2) is 4.79 Å². The van der Waals surface area contributed by atoms with E-state index >= 15 is 0 Å². The molecular weight excluding hydrogens is 359 g/mol. The van der Waals surface area contributed by atoms with Gasteiger partial charge in [0.25, 0.3) is 0 Å². The zero-order valence-corrected chi connectivity index (χ0v) is 14.9. The van der Waals surface area contributed by atoms with Gasteiger partial charge in [0.15, 0.2) is 5.78 Å². The Kier molecular flexibility index (Phi) is 3.77. The zero-order valence-electron chi connectivity index (χ0n) is 14.9. The van der Waals surface area contributed by atoms with E-state index < -0.39 is 29.0 Å². The van der Waals surface area contributed by atoms with E-state index in [0.29, 0.717) is 24.2 Å². The van der Waals surface area contributed by atoms with Crippen LogP contribution in [-0.2, 0) is 20.5 Å². The minimum atomic E-state index is -4.60. The first-order chi connectivity index (χ1) is 12.6. The molecule has 1 atom stereocenters. The lowest BCUT2D eigenvalue weighted by Crippen LogP contribution is -2.40. The molecular formula is C20H18F3NO3. The van der Waals surface area contributed by atoms with Gasteiger partial charge in [-0.05, 0) is 24.5 Å². The number of carbonyl (C=O) groups is 2. The minimum Gasteiger partial charge on any atom is -0.456 e. The van der Waals surface area contributed by atoms with Crippen molar-refractivity contribution in [3.63, 3.8) is 0 Å². The monoisotopic (exact) mass is 377 g/mol. The Morgan fingerprint density at radius 3 is 2.52 bits per heavy atom. The fraction of sp³-hybridized carbons (Fsp3) is 0.400.